The van der Waals surface area contributed by atoms with Gasteiger partial charge in [0.15, 0.2) is 0 Å². The van der Waals surface area contributed by atoms with E-state index in [2.05, 4.69) is 0 Å². The van der Waals surface area contributed by atoms with Crippen LogP contribution >= 0.6 is 0 Å². The first-order valence-electron chi connectivity index (χ1n) is 4.78. The molecule has 0 aliphatic carbocycles. The number of rotatable bonds is 4. The monoisotopic (exact) mass is 218 g/mol. The summed E-state index contributed by atoms with van der Waals surface area (Å²) in [5.74, 6) is -3.49. The number of carboxylic acid groups (broad SMARTS) is 2. The van der Waals surface area contributed by atoms with E-state index in [-0.39, 0.29) is 0 Å². The van der Waals surface area contributed by atoms with Crippen LogP contribution < -0.4 is 10.2 Å². The van der Waals surface area contributed by atoms with Crippen molar-refractivity contribution in [1.82, 2.24) is 0 Å². The zero-order chi connectivity index (χ0) is 12.1. The second-order valence-electron chi connectivity index (χ2n) is 3.19. The van der Waals surface area contributed by atoms with Gasteiger partial charge in [-0.05, 0) is 23.6 Å². The lowest BCUT2D eigenvalue weighted by atomic mass is 10.0. The van der Waals surface area contributed by atoms with Crippen molar-refractivity contribution in [2.24, 2.45) is 0 Å². The highest BCUT2D eigenvalue weighted by molar-refractivity contribution is 6.14. The average molecular weight is 218 g/mol. The van der Waals surface area contributed by atoms with Crippen LogP contribution in [0.15, 0.2) is 29.8 Å². The van der Waals surface area contributed by atoms with Crippen molar-refractivity contribution < 1.29 is 19.8 Å². The molecule has 0 radical (unpaired) electrons. The van der Waals surface area contributed by atoms with E-state index >= 15 is 0 Å². The van der Waals surface area contributed by atoms with Crippen LogP contribution in [-0.2, 0) is 16.0 Å². The van der Waals surface area contributed by atoms with Crippen LogP contribution in [0.1, 0.15) is 18.1 Å². The molecule has 0 fully saturated rings. The third-order valence-corrected chi connectivity index (χ3v) is 2.18. The van der Waals surface area contributed by atoms with E-state index in [1.165, 1.54) is 0 Å². The van der Waals surface area contributed by atoms with Gasteiger partial charge in [-0.25, -0.2) is 0 Å². The van der Waals surface area contributed by atoms with Crippen LogP contribution in [0.4, 0.5) is 0 Å². The minimum absolute atomic E-state index is 0.549. The van der Waals surface area contributed by atoms with Crippen molar-refractivity contribution in [1.29, 1.82) is 0 Å². The molecule has 16 heavy (non-hydrogen) atoms. The Morgan fingerprint density at radius 3 is 2.25 bits per heavy atom. The minimum Gasteiger partial charge on any atom is -0.545 e. The molecule has 0 N–H and O–H groups in total. The molecule has 0 unspecified atom stereocenters. The van der Waals surface area contributed by atoms with Crippen LogP contribution in [0.5, 0.6) is 0 Å². The Morgan fingerprint density at radius 2 is 1.75 bits per heavy atom. The fourth-order valence-corrected chi connectivity index (χ4v) is 1.35. The van der Waals surface area contributed by atoms with Crippen molar-refractivity contribution in [3.63, 3.8) is 0 Å². The molecule has 0 bridgehead atoms. The summed E-state index contributed by atoms with van der Waals surface area (Å²) in [6, 6.07) is 6.94. The number of carbonyl (C=O) groups excluding carboxylic acids is 2. The van der Waals surface area contributed by atoms with Crippen molar-refractivity contribution in [2.75, 3.05) is 0 Å². The molecule has 4 heteroatoms. The van der Waals surface area contributed by atoms with Gasteiger partial charge in [-0.15, -0.1) is 0 Å². The van der Waals surface area contributed by atoms with Crippen LogP contribution in [0, 0.1) is 0 Å². The number of aryl methyl sites for hydroxylation is 1. The third-order valence-electron chi connectivity index (χ3n) is 2.18. The second kappa shape index (κ2) is 5.11. The highest BCUT2D eigenvalue weighted by Crippen LogP contribution is 2.13. The minimum atomic E-state index is -1.74. The Balaban J connectivity index is 3.23. The number of hydrogen-bond donors (Lipinski definition) is 0. The van der Waals surface area contributed by atoms with E-state index in [0.29, 0.717) is 12.0 Å². The SMILES string of the molecule is CCc1ccccc1C=C(C(=O)[O-])C(=O)[O-]. The fraction of sp³-hybridized carbons (Fsp3) is 0.167. The van der Waals surface area contributed by atoms with Gasteiger partial charge < -0.3 is 19.8 Å². The van der Waals surface area contributed by atoms with Crippen molar-refractivity contribution in [3.8, 4) is 0 Å². The lowest BCUT2D eigenvalue weighted by molar-refractivity contribution is -0.311. The number of carboxylic acids is 2. The summed E-state index contributed by atoms with van der Waals surface area (Å²) in [7, 11) is 0. The molecule has 0 saturated heterocycles. The number of carbonyl (C=O) groups is 2. The number of aliphatic carboxylic acids is 2. The molecule has 84 valence electrons. The molecule has 0 atom stereocenters. The van der Waals surface area contributed by atoms with E-state index in [1.807, 2.05) is 6.92 Å². The smallest absolute Gasteiger partial charge is 0.0733 e. The van der Waals surface area contributed by atoms with Crippen LogP contribution in [0.2, 0.25) is 0 Å². The van der Waals surface area contributed by atoms with Gasteiger partial charge in [0.25, 0.3) is 0 Å². The van der Waals surface area contributed by atoms with Gasteiger partial charge in [0.2, 0.25) is 0 Å². The van der Waals surface area contributed by atoms with E-state index in [1.54, 1.807) is 24.3 Å². The Bertz CT molecular complexity index is 430. The summed E-state index contributed by atoms with van der Waals surface area (Å²) in [6.07, 6.45) is 1.74. The van der Waals surface area contributed by atoms with Gasteiger partial charge in [0, 0.05) is 5.57 Å². The molecular weight excluding hydrogens is 208 g/mol. The first kappa shape index (κ1) is 12.0. The molecule has 0 aliphatic heterocycles. The quantitative estimate of drug-likeness (QED) is 0.374. The lowest BCUT2D eigenvalue weighted by Crippen LogP contribution is -2.36. The molecule has 4 nitrogen and oxygen atoms in total. The van der Waals surface area contributed by atoms with E-state index in [4.69, 9.17) is 0 Å². The largest absolute Gasteiger partial charge is 0.545 e. The molecule has 0 heterocycles. The zero-order valence-corrected chi connectivity index (χ0v) is 8.73. The summed E-state index contributed by atoms with van der Waals surface area (Å²) in [4.78, 5) is 21.1. The van der Waals surface area contributed by atoms with Crippen molar-refractivity contribution in [2.45, 2.75) is 13.3 Å². The second-order valence-corrected chi connectivity index (χ2v) is 3.19. The molecule has 0 aliphatic rings. The summed E-state index contributed by atoms with van der Waals surface area (Å²) in [5, 5.41) is 21.1. The normalized spacial score (nSPS) is 9.56. The first-order valence-corrected chi connectivity index (χ1v) is 4.78. The van der Waals surface area contributed by atoms with E-state index < -0.39 is 17.5 Å². The maximum absolute atomic E-state index is 10.5. The first-order chi connectivity index (χ1) is 7.56. The van der Waals surface area contributed by atoms with E-state index in [0.717, 1.165) is 11.6 Å². The highest BCUT2D eigenvalue weighted by atomic mass is 16.4. The molecular formula is C12H10O4-2. The average Bonchev–Trinajstić information content (AvgIpc) is 2.25. The van der Waals surface area contributed by atoms with Crippen molar-refractivity contribution >= 4 is 18.0 Å². The summed E-state index contributed by atoms with van der Waals surface area (Å²) in [5.41, 5.74) is 0.566. The Kier molecular flexibility index (Phi) is 3.83. The lowest BCUT2D eigenvalue weighted by Gasteiger charge is -2.10. The van der Waals surface area contributed by atoms with Crippen LogP contribution in [0.3, 0.4) is 0 Å². The van der Waals surface area contributed by atoms with Gasteiger partial charge in [0.1, 0.15) is 0 Å². The van der Waals surface area contributed by atoms with Crippen LogP contribution in [-0.4, -0.2) is 11.9 Å². The fourth-order valence-electron chi connectivity index (χ4n) is 1.35. The predicted molar refractivity (Wildman–Crippen MR) is 53.8 cm³/mol. The zero-order valence-electron chi connectivity index (χ0n) is 8.73. The molecule has 1 aromatic carbocycles. The third kappa shape index (κ3) is 2.70. The molecule has 0 saturated carbocycles. The summed E-state index contributed by atoms with van der Waals surface area (Å²) >= 11 is 0. The molecule has 1 rings (SSSR count). The Hall–Kier alpha value is -2.10. The maximum Gasteiger partial charge on any atom is 0.0733 e. The van der Waals surface area contributed by atoms with E-state index in [9.17, 15) is 19.8 Å². The maximum atomic E-state index is 10.5. The van der Waals surface area contributed by atoms with Gasteiger partial charge >= 0.3 is 0 Å². The topological polar surface area (TPSA) is 80.3 Å². The molecule has 1 aromatic rings. The van der Waals surface area contributed by atoms with Crippen molar-refractivity contribution in [3.05, 3.63) is 41.0 Å². The number of benzene rings is 1. The summed E-state index contributed by atoms with van der Waals surface area (Å²) < 4.78 is 0. The Labute approximate surface area is 92.8 Å². The van der Waals surface area contributed by atoms with Crippen LogP contribution in [0.25, 0.3) is 6.08 Å². The van der Waals surface area contributed by atoms with Gasteiger partial charge in [-0.3, -0.25) is 0 Å². The van der Waals surface area contributed by atoms with Gasteiger partial charge in [-0.2, -0.15) is 0 Å². The highest BCUT2D eigenvalue weighted by Gasteiger charge is 2.02. The van der Waals surface area contributed by atoms with Gasteiger partial charge in [0.05, 0.1) is 11.9 Å². The Morgan fingerprint density at radius 1 is 1.19 bits per heavy atom. The molecule has 0 amide bonds. The number of hydrogen-bond acceptors (Lipinski definition) is 4. The standard InChI is InChI=1S/C12H12O4/c1-2-8-5-3-4-6-9(8)7-10(11(13)14)12(15)16/h3-7H,2H2,1H3,(H,13,14)(H,15,16)/p-2. The molecule has 0 spiro atoms. The van der Waals surface area contributed by atoms with Gasteiger partial charge in [-0.1, -0.05) is 31.2 Å². The molecule has 0 aromatic heterocycles. The predicted octanol–water partition coefficient (Wildman–Crippen LogP) is -0.868. The summed E-state index contributed by atoms with van der Waals surface area (Å²) in [6.45, 7) is 1.89.